The Balaban J connectivity index is 1.79. The van der Waals surface area contributed by atoms with Crippen LogP contribution < -0.4 is 4.74 Å². The van der Waals surface area contributed by atoms with Gasteiger partial charge in [0.25, 0.3) is 0 Å². The first-order valence-electron chi connectivity index (χ1n) is 8.88. The number of aromatic amines is 1. The largest absolute Gasteiger partial charge is 0.488 e. The molecule has 1 N–H and O–H groups in total. The van der Waals surface area contributed by atoms with Gasteiger partial charge >= 0.3 is 0 Å². The van der Waals surface area contributed by atoms with Gasteiger partial charge in [-0.2, -0.15) is 0 Å². The minimum Gasteiger partial charge on any atom is -0.488 e. The Bertz CT molecular complexity index is 1040. The summed E-state index contributed by atoms with van der Waals surface area (Å²) in [5.41, 5.74) is 3.16. The Kier molecular flexibility index (Phi) is 4.35. The summed E-state index contributed by atoms with van der Waals surface area (Å²) in [4.78, 5) is 10.5. The average Bonchev–Trinajstić information content (AvgIpc) is 3.10. The molecule has 1 unspecified atom stereocenters. The lowest BCUT2D eigenvalue weighted by Gasteiger charge is -2.16. The predicted molar refractivity (Wildman–Crippen MR) is 106 cm³/mol. The van der Waals surface area contributed by atoms with Crippen molar-refractivity contribution in [2.75, 3.05) is 14.1 Å². The van der Waals surface area contributed by atoms with Gasteiger partial charge in [-0.15, -0.1) is 0 Å². The highest BCUT2D eigenvalue weighted by molar-refractivity contribution is 6.07. The maximum absolute atomic E-state index is 6.17. The summed E-state index contributed by atoms with van der Waals surface area (Å²) in [6, 6.07) is 20.8. The van der Waals surface area contributed by atoms with E-state index >= 15 is 0 Å². The van der Waals surface area contributed by atoms with Gasteiger partial charge in [-0.05, 0) is 26.6 Å². The van der Waals surface area contributed by atoms with E-state index in [4.69, 9.17) is 9.72 Å². The van der Waals surface area contributed by atoms with Crippen LogP contribution in [-0.4, -0.2) is 29.0 Å². The van der Waals surface area contributed by atoms with Crippen molar-refractivity contribution in [2.45, 2.75) is 19.6 Å². The molecule has 4 rings (SSSR count). The van der Waals surface area contributed by atoms with Crippen LogP contribution in [-0.2, 0) is 6.61 Å². The van der Waals surface area contributed by atoms with Gasteiger partial charge in [0, 0.05) is 16.8 Å². The van der Waals surface area contributed by atoms with E-state index in [1.54, 1.807) is 0 Å². The van der Waals surface area contributed by atoms with Gasteiger partial charge in [0.15, 0.2) is 0 Å². The van der Waals surface area contributed by atoms with Gasteiger partial charge in [0.2, 0.25) is 0 Å². The van der Waals surface area contributed by atoms with E-state index in [0.717, 1.165) is 38.9 Å². The lowest BCUT2D eigenvalue weighted by molar-refractivity contribution is 0.310. The zero-order valence-corrected chi connectivity index (χ0v) is 15.4. The van der Waals surface area contributed by atoms with Crippen molar-refractivity contribution in [3.8, 4) is 5.75 Å². The van der Waals surface area contributed by atoms with E-state index in [1.807, 2.05) is 30.3 Å². The van der Waals surface area contributed by atoms with Crippen molar-refractivity contribution in [3.05, 3.63) is 72.1 Å². The Morgan fingerprint density at radius 3 is 2.42 bits per heavy atom. The molecule has 3 aromatic carbocycles. The van der Waals surface area contributed by atoms with Crippen LogP contribution in [0, 0.1) is 0 Å². The molecule has 4 aromatic rings. The monoisotopic (exact) mass is 345 g/mol. The highest BCUT2D eigenvalue weighted by atomic mass is 16.5. The summed E-state index contributed by atoms with van der Waals surface area (Å²) < 4.78 is 6.17. The van der Waals surface area contributed by atoms with E-state index in [0.29, 0.717) is 6.61 Å². The third-order valence-electron chi connectivity index (χ3n) is 4.88. The molecule has 4 heteroatoms. The number of nitrogens with zero attached hydrogens (tertiary/aromatic N) is 2. The van der Waals surface area contributed by atoms with Crippen LogP contribution in [0.4, 0.5) is 0 Å². The molecule has 1 heterocycles. The predicted octanol–water partition coefficient (Wildman–Crippen LogP) is 4.92. The average molecular weight is 345 g/mol. The fourth-order valence-electron chi connectivity index (χ4n) is 3.13. The normalized spacial score (nSPS) is 12.8. The van der Waals surface area contributed by atoms with Gasteiger partial charge in [0.1, 0.15) is 18.2 Å². The minimum absolute atomic E-state index is 0.217. The fraction of sp³-hybridized carbons (Fsp3) is 0.227. The molecule has 1 aromatic heterocycles. The van der Waals surface area contributed by atoms with Crippen LogP contribution in [0.1, 0.15) is 24.4 Å². The quantitative estimate of drug-likeness (QED) is 0.558. The summed E-state index contributed by atoms with van der Waals surface area (Å²) in [7, 11) is 4.12. The van der Waals surface area contributed by atoms with Crippen molar-refractivity contribution in [1.82, 2.24) is 14.9 Å². The van der Waals surface area contributed by atoms with Gasteiger partial charge in [-0.25, -0.2) is 4.98 Å². The molecule has 0 bridgehead atoms. The molecule has 0 aliphatic rings. The van der Waals surface area contributed by atoms with Gasteiger partial charge in [0.05, 0.1) is 17.1 Å². The maximum Gasteiger partial charge on any atom is 0.129 e. The van der Waals surface area contributed by atoms with Crippen LogP contribution in [0.15, 0.2) is 60.7 Å². The van der Waals surface area contributed by atoms with Gasteiger partial charge in [-0.3, -0.25) is 4.90 Å². The van der Waals surface area contributed by atoms with Crippen molar-refractivity contribution in [1.29, 1.82) is 0 Å². The number of imidazole rings is 1. The molecule has 132 valence electrons. The molecule has 0 spiro atoms. The molecule has 0 amide bonds. The first kappa shape index (κ1) is 16.6. The summed E-state index contributed by atoms with van der Waals surface area (Å²) in [5, 5.41) is 2.20. The third kappa shape index (κ3) is 3.04. The standard InChI is InChI=1S/C22H23N3O/c1-15(25(2)3)22-23-19-13-20(26-14-16-9-5-4-6-10-16)17-11-7-8-12-18(17)21(19)24-22/h4-13,15H,14H2,1-3H3,(H,23,24). The van der Waals surface area contributed by atoms with E-state index < -0.39 is 0 Å². The third-order valence-corrected chi connectivity index (χ3v) is 4.88. The molecule has 0 radical (unpaired) electrons. The number of benzene rings is 3. The lowest BCUT2D eigenvalue weighted by atomic mass is 10.1. The number of fused-ring (bicyclic) bond motifs is 3. The molecule has 0 fully saturated rings. The number of hydrogen-bond acceptors (Lipinski definition) is 3. The first-order valence-corrected chi connectivity index (χ1v) is 8.88. The van der Waals surface area contributed by atoms with Gasteiger partial charge < -0.3 is 9.72 Å². The zero-order chi connectivity index (χ0) is 18.1. The summed E-state index contributed by atoms with van der Waals surface area (Å²) in [5.74, 6) is 1.85. The summed E-state index contributed by atoms with van der Waals surface area (Å²) >= 11 is 0. The Hall–Kier alpha value is -2.85. The molecule has 4 nitrogen and oxygen atoms in total. The van der Waals surface area contributed by atoms with Crippen molar-refractivity contribution < 1.29 is 4.74 Å². The van der Waals surface area contributed by atoms with E-state index in [9.17, 15) is 0 Å². The van der Waals surface area contributed by atoms with E-state index in [2.05, 4.69) is 61.2 Å². The zero-order valence-electron chi connectivity index (χ0n) is 15.4. The Morgan fingerprint density at radius 2 is 1.69 bits per heavy atom. The van der Waals surface area contributed by atoms with Crippen LogP contribution in [0.25, 0.3) is 21.8 Å². The molecule has 0 saturated heterocycles. The van der Waals surface area contributed by atoms with Crippen molar-refractivity contribution in [3.63, 3.8) is 0 Å². The van der Waals surface area contributed by atoms with Crippen LogP contribution in [0.5, 0.6) is 5.75 Å². The molecular weight excluding hydrogens is 322 g/mol. The number of nitrogens with one attached hydrogen (secondary N) is 1. The smallest absolute Gasteiger partial charge is 0.129 e. The summed E-state index contributed by atoms with van der Waals surface area (Å²) in [6.45, 7) is 2.69. The van der Waals surface area contributed by atoms with Crippen molar-refractivity contribution in [2.24, 2.45) is 0 Å². The fourth-order valence-corrected chi connectivity index (χ4v) is 3.13. The topological polar surface area (TPSA) is 41.1 Å². The molecule has 0 aliphatic carbocycles. The molecular formula is C22H23N3O. The molecule has 1 atom stereocenters. The second kappa shape index (κ2) is 6.81. The van der Waals surface area contributed by atoms with Crippen molar-refractivity contribution >= 4 is 21.8 Å². The second-order valence-electron chi connectivity index (χ2n) is 6.85. The van der Waals surface area contributed by atoms with E-state index in [1.165, 1.54) is 0 Å². The van der Waals surface area contributed by atoms with Crippen LogP contribution in [0.2, 0.25) is 0 Å². The number of H-pyrrole nitrogens is 1. The number of aromatic nitrogens is 2. The first-order chi connectivity index (χ1) is 12.6. The molecule has 26 heavy (non-hydrogen) atoms. The van der Waals surface area contributed by atoms with E-state index in [-0.39, 0.29) is 6.04 Å². The van der Waals surface area contributed by atoms with Crippen LogP contribution >= 0.6 is 0 Å². The second-order valence-corrected chi connectivity index (χ2v) is 6.85. The molecule has 0 saturated carbocycles. The highest BCUT2D eigenvalue weighted by Crippen LogP contribution is 2.33. The summed E-state index contributed by atoms with van der Waals surface area (Å²) in [6.07, 6.45) is 0. The maximum atomic E-state index is 6.17. The van der Waals surface area contributed by atoms with Gasteiger partial charge in [-0.1, -0.05) is 54.6 Å². The highest BCUT2D eigenvalue weighted by Gasteiger charge is 2.16. The minimum atomic E-state index is 0.217. The number of ether oxygens (including phenoxy) is 1. The lowest BCUT2D eigenvalue weighted by Crippen LogP contribution is -2.17. The van der Waals surface area contributed by atoms with Crippen LogP contribution in [0.3, 0.4) is 0 Å². The SMILES string of the molecule is CC(c1nc2c(cc(OCc3ccccc3)c3ccccc32)[nH]1)N(C)C. The Morgan fingerprint density at radius 1 is 1.00 bits per heavy atom. The number of hydrogen-bond donors (Lipinski definition) is 1. The number of rotatable bonds is 5. The Labute approximate surface area is 153 Å². The molecule has 0 aliphatic heterocycles.